The highest BCUT2D eigenvalue weighted by Gasteiger charge is 2.07. The average molecular weight is 316 g/mol. The number of hydrazone groups is 1. The Kier molecular flexibility index (Phi) is 4.66. The molecule has 0 aliphatic heterocycles. The largest absolute Gasteiger partial charge is 0.278 e. The molecular formula is C17H20N2O2S. The maximum absolute atomic E-state index is 11.4. The van der Waals surface area contributed by atoms with Crippen molar-refractivity contribution in [1.82, 2.24) is 0 Å². The van der Waals surface area contributed by atoms with Crippen molar-refractivity contribution in [2.24, 2.45) is 5.10 Å². The average Bonchev–Trinajstić information content (AvgIpc) is 2.43. The van der Waals surface area contributed by atoms with Crippen LogP contribution in [0, 0.1) is 13.8 Å². The maximum Gasteiger partial charge on any atom is 0.175 e. The van der Waals surface area contributed by atoms with Crippen molar-refractivity contribution >= 4 is 21.2 Å². The topological polar surface area (TPSA) is 58.5 Å². The molecule has 2 rings (SSSR count). The molecule has 0 aliphatic carbocycles. The number of rotatable bonds is 4. The third-order valence-corrected chi connectivity index (χ3v) is 4.40. The van der Waals surface area contributed by atoms with Gasteiger partial charge in [-0.15, -0.1) is 0 Å². The highest BCUT2D eigenvalue weighted by molar-refractivity contribution is 7.90. The van der Waals surface area contributed by atoms with E-state index in [4.69, 9.17) is 0 Å². The Balaban J connectivity index is 2.18. The minimum Gasteiger partial charge on any atom is -0.278 e. The van der Waals surface area contributed by atoms with E-state index in [2.05, 4.69) is 16.6 Å². The van der Waals surface area contributed by atoms with Gasteiger partial charge in [-0.1, -0.05) is 18.2 Å². The number of hydrogen-bond donors (Lipinski definition) is 1. The molecule has 2 aromatic carbocycles. The number of nitrogens with one attached hydrogen (secondary N) is 1. The van der Waals surface area contributed by atoms with Crippen LogP contribution in [0.15, 0.2) is 52.5 Å². The van der Waals surface area contributed by atoms with Gasteiger partial charge >= 0.3 is 0 Å². The maximum atomic E-state index is 11.4. The van der Waals surface area contributed by atoms with E-state index in [1.807, 2.05) is 32.9 Å². The first-order valence-corrected chi connectivity index (χ1v) is 8.84. The molecule has 0 saturated heterocycles. The molecule has 0 amide bonds. The lowest BCUT2D eigenvalue weighted by atomic mass is 10.1. The summed E-state index contributed by atoms with van der Waals surface area (Å²) in [5.74, 6) is 0. The summed E-state index contributed by atoms with van der Waals surface area (Å²) in [4.78, 5) is 0.311. The lowest BCUT2D eigenvalue weighted by Gasteiger charge is -2.06. The van der Waals surface area contributed by atoms with Crippen LogP contribution in [0.4, 0.5) is 5.69 Å². The lowest BCUT2D eigenvalue weighted by molar-refractivity contribution is 0.602. The quantitative estimate of drug-likeness (QED) is 0.693. The molecule has 2 aromatic rings. The van der Waals surface area contributed by atoms with E-state index in [-0.39, 0.29) is 0 Å². The van der Waals surface area contributed by atoms with E-state index in [1.54, 1.807) is 24.3 Å². The van der Waals surface area contributed by atoms with Crippen LogP contribution in [0.2, 0.25) is 0 Å². The summed E-state index contributed by atoms with van der Waals surface area (Å²) in [5, 5.41) is 4.36. The molecule has 5 heteroatoms. The number of hydrogen-bond acceptors (Lipinski definition) is 4. The van der Waals surface area contributed by atoms with Gasteiger partial charge in [0.1, 0.15) is 0 Å². The molecule has 116 valence electrons. The van der Waals surface area contributed by atoms with Gasteiger partial charge in [0.15, 0.2) is 9.84 Å². The lowest BCUT2D eigenvalue weighted by Crippen LogP contribution is -2.02. The molecular weight excluding hydrogens is 296 g/mol. The van der Waals surface area contributed by atoms with Crippen LogP contribution in [-0.2, 0) is 9.84 Å². The molecule has 4 nitrogen and oxygen atoms in total. The zero-order chi connectivity index (χ0) is 16.3. The van der Waals surface area contributed by atoms with E-state index in [0.717, 1.165) is 17.0 Å². The highest BCUT2D eigenvalue weighted by Crippen LogP contribution is 2.15. The summed E-state index contributed by atoms with van der Waals surface area (Å²) in [6, 6.07) is 12.9. The van der Waals surface area contributed by atoms with Crippen molar-refractivity contribution in [2.45, 2.75) is 25.7 Å². The Hall–Kier alpha value is -2.14. The van der Waals surface area contributed by atoms with Crippen molar-refractivity contribution < 1.29 is 8.42 Å². The second kappa shape index (κ2) is 6.32. The van der Waals surface area contributed by atoms with Crippen LogP contribution in [0.3, 0.4) is 0 Å². The molecule has 0 spiro atoms. The zero-order valence-corrected chi connectivity index (χ0v) is 14.0. The SMILES string of the molecule is C/C(=N/Nc1cc(C)cc(C)c1)c1ccc(S(C)(=O)=O)cc1. The molecule has 0 unspecified atom stereocenters. The monoisotopic (exact) mass is 316 g/mol. The van der Waals surface area contributed by atoms with Gasteiger partial charge < -0.3 is 0 Å². The fraction of sp³-hybridized carbons (Fsp3) is 0.235. The first kappa shape index (κ1) is 16.2. The fourth-order valence-electron chi connectivity index (χ4n) is 2.20. The van der Waals surface area contributed by atoms with Crippen molar-refractivity contribution in [3.8, 4) is 0 Å². The van der Waals surface area contributed by atoms with E-state index >= 15 is 0 Å². The smallest absolute Gasteiger partial charge is 0.175 e. The van der Waals surface area contributed by atoms with Crippen molar-refractivity contribution in [2.75, 3.05) is 11.7 Å². The minimum atomic E-state index is -3.17. The van der Waals surface area contributed by atoms with E-state index in [9.17, 15) is 8.42 Å². The van der Waals surface area contributed by atoms with Gasteiger partial charge in [-0.3, -0.25) is 5.43 Å². The highest BCUT2D eigenvalue weighted by atomic mass is 32.2. The van der Waals surface area contributed by atoms with Gasteiger partial charge in [-0.05, 0) is 61.7 Å². The summed E-state index contributed by atoms with van der Waals surface area (Å²) in [5.41, 5.74) is 7.99. The fourth-order valence-corrected chi connectivity index (χ4v) is 2.83. The predicted octanol–water partition coefficient (Wildman–Crippen LogP) is 3.54. The summed E-state index contributed by atoms with van der Waals surface area (Å²) >= 11 is 0. The van der Waals surface area contributed by atoms with Crippen molar-refractivity contribution in [1.29, 1.82) is 0 Å². The van der Waals surface area contributed by atoms with Crippen LogP contribution in [0.5, 0.6) is 0 Å². The van der Waals surface area contributed by atoms with Gasteiger partial charge in [0.2, 0.25) is 0 Å². The van der Waals surface area contributed by atoms with E-state index < -0.39 is 9.84 Å². The summed E-state index contributed by atoms with van der Waals surface area (Å²) in [6.07, 6.45) is 1.20. The molecule has 0 atom stereocenters. The molecule has 1 N–H and O–H groups in total. The van der Waals surface area contributed by atoms with Crippen LogP contribution >= 0.6 is 0 Å². The van der Waals surface area contributed by atoms with Crippen LogP contribution in [0.1, 0.15) is 23.6 Å². The number of benzene rings is 2. The Bertz CT molecular complexity index is 787. The van der Waals surface area contributed by atoms with Crippen LogP contribution < -0.4 is 5.43 Å². The molecule has 0 radical (unpaired) electrons. The second-order valence-corrected chi connectivity index (χ2v) is 7.50. The standard InChI is InChI=1S/C17H20N2O2S/c1-12-9-13(2)11-16(10-12)19-18-14(3)15-5-7-17(8-6-15)22(4,20)21/h5-11,19H,1-4H3/b18-14-. The Labute approximate surface area is 131 Å². The Morgan fingerprint density at radius 2 is 1.55 bits per heavy atom. The number of aryl methyl sites for hydroxylation is 2. The van der Waals surface area contributed by atoms with Crippen LogP contribution in [0.25, 0.3) is 0 Å². The first-order valence-electron chi connectivity index (χ1n) is 6.95. The third-order valence-electron chi connectivity index (χ3n) is 3.27. The van der Waals surface area contributed by atoms with Gasteiger partial charge in [-0.25, -0.2) is 8.42 Å². The minimum absolute atomic E-state index is 0.311. The van der Waals surface area contributed by atoms with Crippen LogP contribution in [-0.4, -0.2) is 20.4 Å². The number of sulfone groups is 1. The van der Waals surface area contributed by atoms with Crippen molar-refractivity contribution in [3.05, 3.63) is 59.2 Å². The van der Waals surface area contributed by atoms with Gasteiger partial charge in [0.25, 0.3) is 0 Å². The van der Waals surface area contributed by atoms with Crippen molar-refractivity contribution in [3.63, 3.8) is 0 Å². The molecule has 0 aromatic heterocycles. The predicted molar refractivity (Wildman–Crippen MR) is 91.3 cm³/mol. The second-order valence-electron chi connectivity index (χ2n) is 5.48. The number of nitrogens with zero attached hydrogens (tertiary/aromatic N) is 1. The van der Waals surface area contributed by atoms with Gasteiger partial charge in [0, 0.05) is 6.26 Å². The molecule has 0 heterocycles. The molecule has 0 fully saturated rings. The molecule has 0 aliphatic rings. The summed E-state index contributed by atoms with van der Waals surface area (Å²) < 4.78 is 22.9. The normalized spacial score (nSPS) is 12.3. The van der Waals surface area contributed by atoms with E-state index in [0.29, 0.717) is 4.90 Å². The molecule has 0 bridgehead atoms. The number of anilines is 1. The first-order chi connectivity index (χ1) is 10.3. The molecule has 22 heavy (non-hydrogen) atoms. The zero-order valence-electron chi connectivity index (χ0n) is 13.2. The summed E-state index contributed by atoms with van der Waals surface area (Å²) in [7, 11) is -3.17. The Morgan fingerprint density at radius 3 is 2.05 bits per heavy atom. The molecule has 0 saturated carbocycles. The Morgan fingerprint density at radius 1 is 1.00 bits per heavy atom. The van der Waals surface area contributed by atoms with Gasteiger partial charge in [0.05, 0.1) is 16.3 Å². The third kappa shape index (κ3) is 4.18. The van der Waals surface area contributed by atoms with Gasteiger partial charge in [-0.2, -0.15) is 5.10 Å². The summed E-state index contributed by atoms with van der Waals surface area (Å²) in [6.45, 7) is 5.96. The van der Waals surface area contributed by atoms with E-state index in [1.165, 1.54) is 17.4 Å².